The quantitative estimate of drug-likeness (QED) is 0.282. The van der Waals surface area contributed by atoms with E-state index in [9.17, 15) is 27.6 Å². The van der Waals surface area contributed by atoms with Gasteiger partial charge in [-0.05, 0) is 50.7 Å². The summed E-state index contributed by atoms with van der Waals surface area (Å²) in [5.74, 6) is -1.74. The van der Waals surface area contributed by atoms with Crippen molar-refractivity contribution >= 4 is 63.4 Å². The fraction of sp³-hybridized carbons (Fsp3) is 0.500. The lowest BCUT2D eigenvalue weighted by Crippen LogP contribution is -2.53. The number of nitrogen functional groups attached to an aromatic ring is 2. The van der Waals surface area contributed by atoms with Crippen molar-refractivity contribution in [3.8, 4) is 0 Å². The monoisotopic (exact) mass is 719 g/mol. The molecule has 6 N–H and O–H groups in total. The van der Waals surface area contributed by atoms with E-state index in [1.54, 1.807) is 0 Å². The normalized spacial score (nSPS) is 17.6. The minimum absolute atomic E-state index is 0.0229. The van der Waals surface area contributed by atoms with Crippen LogP contribution in [0.2, 0.25) is 5.15 Å². The molecule has 1 aliphatic carbocycles. The first-order chi connectivity index (χ1) is 23.4. The summed E-state index contributed by atoms with van der Waals surface area (Å²) in [5.41, 5.74) is 11.5. The molecule has 3 heterocycles. The van der Waals surface area contributed by atoms with Crippen molar-refractivity contribution in [3.05, 3.63) is 46.7 Å². The first-order valence-electron chi connectivity index (χ1n) is 15.6. The number of nitrogens with zero attached hydrogens (tertiary/aromatic N) is 5. The smallest absolute Gasteiger partial charge is 0.344 e. The van der Waals surface area contributed by atoms with Crippen LogP contribution in [0, 0.1) is 0 Å². The van der Waals surface area contributed by atoms with Crippen molar-refractivity contribution in [2.45, 2.75) is 63.0 Å². The summed E-state index contributed by atoms with van der Waals surface area (Å²) < 4.78 is 33.0. The molecule has 0 bridgehead atoms. The Hall–Kier alpha value is -4.84. The number of piperidine rings is 1. The van der Waals surface area contributed by atoms with Crippen LogP contribution in [0.4, 0.5) is 11.6 Å². The Balaban J connectivity index is 0.000000246. The summed E-state index contributed by atoms with van der Waals surface area (Å²) in [6.45, 7) is 1.20. The Morgan fingerprint density at radius 2 is 1.69 bits per heavy atom. The molecule has 2 amide bonds. The molecule has 3 fully saturated rings. The van der Waals surface area contributed by atoms with E-state index in [2.05, 4.69) is 34.7 Å². The largest absolute Gasteiger partial charge is 0.460 e. The standard InChI is InChI=1S/C19H21ClN8O2.C11H17NO6S/c20-13-15(22)25-14(21)12(24-13)16(29)26-18-23-10-19(27-18)6-8-28(9-7-19)17(30)11-4-2-1-3-5-11;13-10(6-7-12-19(15)16)17-8-11(14)18-9-4-2-1-3-5-9/h1-5H,6-10H2,(H4,21,22,25)(H2,23,26,27,29);9H,1-8H2. The Morgan fingerprint density at radius 3 is 2.37 bits per heavy atom. The van der Waals surface area contributed by atoms with Gasteiger partial charge in [-0.25, -0.2) is 14.8 Å². The van der Waals surface area contributed by atoms with E-state index in [4.69, 9.17) is 27.8 Å². The lowest BCUT2D eigenvalue weighted by Gasteiger charge is -2.38. The zero-order chi connectivity index (χ0) is 35.4. The maximum atomic E-state index is 12.6. The van der Waals surface area contributed by atoms with E-state index >= 15 is 0 Å². The van der Waals surface area contributed by atoms with E-state index in [0.29, 0.717) is 31.2 Å². The molecule has 1 saturated carbocycles. The Morgan fingerprint density at radius 1 is 1.00 bits per heavy atom. The van der Waals surface area contributed by atoms with Gasteiger partial charge in [-0.2, -0.15) is 17.8 Å². The van der Waals surface area contributed by atoms with E-state index < -0.39 is 35.0 Å². The van der Waals surface area contributed by atoms with Gasteiger partial charge in [0.05, 0.1) is 18.5 Å². The van der Waals surface area contributed by atoms with Crippen LogP contribution >= 0.6 is 11.6 Å². The van der Waals surface area contributed by atoms with Gasteiger partial charge in [0, 0.05) is 25.2 Å². The molecule has 5 rings (SSSR count). The maximum absolute atomic E-state index is 12.6. The first kappa shape index (κ1) is 37.0. The minimum atomic E-state index is -2.52. The van der Waals surface area contributed by atoms with Gasteiger partial charge in [0.15, 0.2) is 35.0 Å². The molecule has 1 aromatic carbocycles. The highest BCUT2D eigenvalue weighted by molar-refractivity contribution is 7.61. The van der Waals surface area contributed by atoms with Crippen molar-refractivity contribution in [1.29, 1.82) is 0 Å². The number of nitrogens with one attached hydrogen (secondary N) is 2. The summed E-state index contributed by atoms with van der Waals surface area (Å²) in [6, 6.07) is 9.22. The lowest BCUT2D eigenvalue weighted by atomic mass is 9.88. The fourth-order valence-corrected chi connectivity index (χ4v) is 5.81. The number of benzene rings is 1. The number of aliphatic imine (C=N–C) groups is 1. The number of anilines is 2. The molecule has 1 aromatic heterocycles. The van der Waals surface area contributed by atoms with Gasteiger partial charge in [0.25, 0.3) is 5.91 Å². The second-order valence-electron chi connectivity index (χ2n) is 11.5. The molecule has 0 unspecified atom stereocenters. The van der Waals surface area contributed by atoms with Crippen LogP contribution in [-0.2, 0) is 29.6 Å². The fourth-order valence-electron chi connectivity index (χ4n) is 5.44. The lowest BCUT2D eigenvalue weighted by molar-refractivity contribution is -0.163. The van der Waals surface area contributed by atoms with E-state index in [1.807, 2.05) is 35.2 Å². The van der Waals surface area contributed by atoms with Gasteiger partial charge in [0.1, 0.15) is 6.10 Å². The number of rotatable bonds is 8. The van der Waals surface area contributed by atoms with Crippen molar-refractivity contribution in [2.75, 3.05) is 44.3 Å². The molecular formula is C30H38ClN9O8S. The van der Waals surface area contributed by atoms with Gasteiger partial charge >= 0.3 is 28.3 Å². The molecule has 2 aliphatic heterocycles. The number of nitrogens with two attached hydrogens (primary N) is 2. The number of hydrogen-bond acceptors (Lipinski definition) is 13. The highest BCUT2D eigenvalue weighted by Gasteiger charge is 2.41. The summed E-state index contributed by atoms with van der Waals surface area (Å²) in [6.07, 6.45) is 6.16. The molecule has 49 heavy (non-hydrogen) atoms. The number of carbonyl (C=O) groups excluding carboxylic acids is 4. The average molecular weight is 720 g/mol. The van der Waals surface area contributed by atoms with Crippen molar-refractivity contribution in [2.24, 2.45) is 9.36 Å². The molecule has 264 valence electrons. The number of hydrogen-bond donors (Lipinski definition) is 4. The summed E-state index contributed by atoms with van der Waals surface area (Å²) in [7, 11) is -2.52. The highest BCUT2D eigenvalue weighted by Crippen LogP contribution is 2.26. The number of esters is 2. The second kappa shape index (κ2) is 17.5. The predicted molar refractivity (Wildman–Crippen MR) is 178 cm³/mol. The first-order valence-corrected chi connectivity index (χ1v) is 17.1. The number of carbonyl (C=O) groups is 4. The molecule has 19 heteroatoms. The number of likely N-dealkylation sites (tertiary alicyclic amines) is 1. The number of ether oxygens (including phenoxy) is 2. The molecule has 0 atom stereocenters. The van der Waals surface area contributed by atoms with Crippen molar-refractivity contribution < 1.29 is 37.1 Å². The van der Waals surface area contributed by atoms with Crippen LogP contribution in [0.15, 0.2) is 39.7 Å². The van der Waals surface area contributed by atoms with Crippen LogP contribution in [0.3, 0.4) is 0 Å². The van der Waals surface area contributed by atoms with E-state index in [-0.39, 0.29) is 53.0 Å². The molecule has 2 saturated heterocycles. The number of guanidine groups is 1. The van der Waals surface area contributed by atoms with Gasteiger partial charge < -0.3 is 36.5 Å². The molecule has 17 nitrogen and oxygen atoms in total. The maximum Gasteiger partial charge on any atom is 0.344 e. The van der Waals surface area contributed by atoms with Gasteiger partial charge in [-0.15, -0.1) is 0 Å². The van der Waals surface area contributed by atoms with Crippen LogP contribution < -0.4 is 22.1 Å². The van der Waals surface area contributed by atoms with E-state index in [1.165, 1.54) is 0 Å². The Labute approximate surface area is 288 Å². The van der Waals surface area contributed by atoms with Crippen LogP contribution in [0.25, 0.3) is 0 Å². The van der Waals surface area contributed by atoms with E-state index in [0.717, 1.165) is 44.9 Å². The molecule has 2 aromatic rings. The molecule has 0 radical (unpaired) electrons. The second-order valence-corrected chi connectivity index (χ2v) is 12.6. The SMILES string of the molecule is Nc1nc(N)c(C(=O)N=C2NCC3(CCN(C(=O)c4ccccc4)CC3)N2)nc1Cl.O=C(CCN=S(=O)=O)OCC(=O)OC1CCCCC1. The third kappa shape index (κ3) is 11.1. The number of aromatic nitrogens is 2. The molecule has 1 spiro atoms. The minimum Gasteiger partial charge on any atom is -0.460 e. The number of halogens is 1. The van der Waals surface area contributed by atoms with Gasteiger partial charge in [-0.3, -0.25) is 14.4 Å². The third-order valence-corrected chi connectivity index (χ3v) is 8.71. The summed E-state index contributed by atoms with van der Waals surface area (Å²) in [5, 5.41) is 6.29. The molecular weight excluding hydrogens is 682 g/mol. The number of amides is 2. The Kier molecular flexibility index (Phi) is 13.2. The van der Waals surface area contributed by atoms with Gasteiger partial charge in [-0.1, -0.05) is 36.2 Å². The molecule has 3 aliphatic rings. The summed E-state index contributed by atoms with van der Waals surface area (Å²) >= 11 is 5.83. The van der Waals surface area contributed by atoms with Crippen LogP contribution in [0.1, 0.15) is 72.2 Å². The van der Waals surface area contributed by atoms with Crippen LogP contribution in [0.5, 0.6) is 0 Å². The zero-order valence-electron chi connectivity index (χ0n) is 26.6. The van der Waals surface area contributed by atoms with Crippen molar-refractivity contribution in [1.82, 2.24) is 25.5 Å². The highest BCUT2D eigenvalue weighted by atomic mass is 35.5. The van der Waals surface area contributed by atoms with Crippen LogP contribution in [-0.4, -0.2) is 97.4 Å². The third-order valence-electron chi connectivity index (χ3n) is 8.04. The topological polar surface area (TPSA) is 251 Å². The summed E-state index contributed by atoms with van der Waals surface area (Å²) in [4.78, 5) is 61.1. The van der Waals surface area contributed by atoms with Gasteiger partial charge in [0.2, 0.25) is 0 Å². The zero-order valence-corrected chi connectivity index (χ0v) is 28.2. The Bertz CT molecular complexity index is 1690. The predicted octanol–water partition coefficient (Wildman–Crippen LogP) is 1.52. The average Bonchev–Trinajstić information content (AvgIpc) is 3.47. The van der Waals surface area contributed by atoms with Crippen molar-refractivity contribution in [3.63, 3.8) is 0 Å².